The van der Waals surface area contributed by atoms with E-state index in [1.807, 2.05) is 19.4 Å². The Hall–Kier alpha value is -3.22. The van der Waals surface area contributed by atoms with Crippen LogP contribution in [0.25, 0.3) is 11.1 Å². The zero-order valence-electron chi connectivity index (χ0n) is 19.5. The van der Waals surface area contributed by atoms with Crippen LogP contribution in [0.4, 0.5) is 0 Å². The Bertz CT molecular complexity index is 1110. The van der Waals surface area contributed by atoms with Gasteiger partial charge in [-0.15, -0.1) is 6.58 Å². The van der Waals surface area contributed by atoms with Crippen molar-refractivity contribution in [3.05, 3.63) is 90.3 Å². The van der Waals surface area contributed by atoms with Crippen LogP contribution in [0.1, 0.15) is 16.7 Å². The highest BCUT2D eigenvalue weighted by atomic mass is 16.5. The summed E-state index contributed by atoms with van der Waals surface area (Å²) in [4.78, 5) is 15.6. The van der Waals surface area contributed by atoms with Gasteiger partial charge in [-0.05, 0) is 23.6 Å². The molecule has 0 unspecified atom stereocenters. The second-order valence-corrected chi connectivity index (χ2v) is 8.82. The summed E-state index contributed by atoms with van der Waals surface area (Å²) in [5.74, 6) is -0.0963. The number of carbonyl (C=O) groups excluding carboxylic acids is 1. The third-order valence-corrected chi connectivity index (χ3v) is 6.05. The van der Waals surface area contributed by atoms with Crippen molar-refractivity contribution < 1.29 is 9.53 Å². The average Bonchev–Trinajstić information content (AvgIpc) is 3.22. The van der Waals surface area contributed by atoms with E-state index < -0.39 is 5.60 Å². The fraction of sp³-hybridized carbons (Fsp3) is 0.333. The molecule has 1 aliphatic rings. The van der Waals surface area contributed by atoms with E-state index in [2.05, 4.69) is 77.3 Å². The van der Waals surface area contributed by atoms with Gasteiger partial charge in [-0.2, -0.15) is 5.10 Å². The minimum atomic E-state index is -0.950. The third kappa shape index (κ3) is 5.59. The number of ether oxygens (including phenoxy) is 1. The normalized spacial score (nSPS) is 18.7. The van der Waals surface area contributed by atoms with Crippen LogP contribution < -0.4 is 5.32 Å². The van der Waals surface area contributed by atoms with E-state index in [0.29, 0.717) is 26.1 Å². The zero-order valence-corrected chi connectivity index (χ0v) is 19.5. The number of hydrogen-bond donors (Lipinski definition) is 1. The van der Waals surface area contributed by atoms with Crippen molar-refractivity contribution in [2.75, 3.05) is 26.2 Å². The number of hydrogen-bond acceptors (Lipinski definition) is 4. The molecule has 6 heteroatoms. The highest BCUT2D eigenvalue weighted by molar-refractivity contribution is 5.86. The Kier molecular flexibility index (Phi) is 7.06. The molecular weight excluding hydrogens is 412 g/mol. The van der Waals surface area contributed by atoms with Gasteiger partial charge < -0.3 is 10.1 Å². The molecule has 6 nitrogen and oxygen atoms in total. The monoisotopic (exact) mass is 444 g/mol. The van der Waals surface area contributed by atoms with E-state index in [0.717, 1.165) is 29.8 Å². The molecule has 1 saturated heterocycles. The highest BCUT2D eigenvalue weighted by Gasteiger charge is 2.43. The lowest BCUT2D eigenvalue weighted by Crippen LogP contribution is -2.61. The van der Waals surface area contributed by atoms with Crippen molar-refractivity contribution in [2.24, 2.45) is 7.05 Å². The highest BCUT2D eigenvalue weighted by Crippen LogP contribution is 2.27. The fourth-order valence-electron chi connectivity index (χ4n) is 4.42. The number of carbonyl (C=O) groups is 1. The summed E-state index contributed by atoms with van der Waals surface area (Å²) in [6, 6.07) is 16.9. The molecule has 2 aromatic carbocycles. The Labute approximate surface area is 195 Å². The SMILES string of the molecule is C=CCNC(=O)[C@@]1(Cc2ccc(-c3cccc(C)c3)cc2)CN(Cc2cnn(C)c2)CCO1. The predicted molar refractivity (Wildman–Crippen MR) is 131 cm³/mol. The minimum Gasteiger partial charge on any atom is -0.362 e. The molecule has 1 amide bonds. The van der Waals surface area contributed by atoms with Crippen molar-refractivity contribution in [3.63, 3.8) is 0 Å². The molecule has 1 aromatic heterocycles. The van der Waals surface area contributed by atoms with Gasteiger partial charge in [0.25, 0.3) is 5.91 Å². The van der Waals surface area contributed by atoms with Crippen molar-refractivity contribution >= 4 is 5.91 Å². The Morgan fingerprint density at radius 2 is 2.03 bits per heavy atom. The predicted octanol–water partition coefficient (Wildman–Crippen LogP) is 3.51. The third-order valence-electron chi connectivity index (χ3n) is 6.05. The second-order valence-electron chi connectivity index (χ2n) is 8.82. The molecule has 3 aromatic rings. The topological polar surface area (TPSA) is 59.4 Å². The molecule has 172 valence electrons. The molecule has 1 aliphatic heterocycles. The van der Waals surface area contributed by atoms with Gasteiger partial charge in [-0.3, -0.25) is 14.4 Å². The maximum atomic E-state index is 13.3. The summed E-state index contributed by atoms with van der Waals surface area (Å²) in [6.07, 6.45) is 6.09. The quantitative estimate of drug-likeness (QED) is 0.540. The summed E-state index contributed by atoms with van der Waals surface area (Å²) < 4.78 is 8.02. The number of morpholine rings is 1. The van der Waals surface area contributed by atoms with Gasteiger partial charge in [-0.1, -0.05) is 60.2 Å². The molecular formula is C27H32N4O2. The number of benzene rings is 2. The van der Waals surface area contributed by atoms with E-state index in [4.69, 9.17) is 4.74 Å². The molecule has 2 heterocycles. The summed E-state index contributed by atoms with van der Waals surface area (Å²) in [5, 5.41) is 7.24. The van der Waals surface area contributed by atoms with Crippen molar-refractivity contribution in [1.82, 2.24) is 20.0 Å². The first-order valence-corrected chi connectivity index (χ1v) is 11.4. The second kappa shape index (κ2) is 10.1. The van der Waals surface area contributed by atoms with E-state index in [-0.39, 0.29) is 5.91 Å². The van der Waals surface area contributed by atoms with Crippen LogP contribution in [0.3, 0.4) is 0 Å². The number of rotatable bonds is 8. The minimum absolute atomic E-state index is 0.0963. The first-order chi connectivity index (χ1) is 16.0. The van der Waals surface area contributed by atoms with Crippen molar-refractivity contribution in [3.8, 4) is 11.1 Å². The molecule has 0 bridgehead atoms. The van der Waals surface area contributed by atoms with E-state index in [9.17, 15) is 4.79 Å². The van der Waals surface area contributed by atoms with E-state index in [1.165, 1.54) is 11.1 Å². The standard InChI is InChI=1S/C27H32N4O2/c1-4-12-28-26(32)27(20-31(13-14-33-27)19-23-17-29-30(3)18-23)16-22-8-10-24(11-9-22)25-7-5-6-21(2)15-25/h4-11,15,17-18H,1,12-14,16,19-20H2,2-3H3,(H,28,32)/t27-/m1/s1. The summed E-state index contributed by atoms with van der Waals surface area (Å²) in [6.45, 7) is 8.77. The molecule has 1 atom stereocenters. The van der Waals surface area contributed by atoms with Gasteiger partial charge in [-0.25, -0.2) is 0 Å². The zero-order chi connectivity index (χ0) is 23.3. The lowest BCUT2D eigenvalue weighted by Gasteiger charge is -2.41. The van der Waals surface area contributed by atoms with Gasteiger partial charge in [0, 0.05) is 51.4 Å². The number of nitrogens with zero attached hydrogens (tertiary/aromatic N) is 3. The van der Waals surface area contributed by atoms with Crippen LogP contribution in [-0.4, -0.2) is 52.4 Å². The van der Waals surface area contributed by atoms with Crippen LogP contribution in [0.15, 0.2) is 73.6 Å². The first-order valence-electron chi connectivity index (χ1n) is 11.4. The number of amides is 1. The van der Waals surface area contributed by atoms with Crippen LogP contribution in [0.5, 0.6) is 0 Å². The first kappa shape index (κ1) is 23.0. The van der Waals surface area contributed by atoms with Crippen molar-refractivity contribution in [1.29, 1.82) is 0 Å². The van der Waals surface area contributed by atoms with Crippen molar-refractivity contribution in [2.45, 2.75) is 25.5 Å². The number of aromatic nitrogens is 2. The molecule has 1 fully saturated rings. The van der Waals surface area contributed by atoms with Gasteiger partial charge in [0.2, 0.25) is 0 Å². The smallest absolute Gasteiger partial charge is 0.254 e. The molecule has 0 saturated carbocycles. The van der Waals surface area contributed by atoms with Gasteiger partial charge >= 0.3 is 0 Å². The lowest BCUT2D eigenvalue weighted by atomic mass is 9.90. The summed E-state index contributed by atoms with van der Waals surface area (Å²) >= 11 is 0. The summed E-state index contributed by atoms with van der Waals surface area (Å²) in [5.41, 5.74) is 4.84. The molecule has 0 aliphatic carbocycles. The lowest BCUT2D eigenvalue weighted by molar-refractivity contribution is -0.160. The maximum absolute atomic E-state index is 13.3. The largest absolute Gasteiger partial charge is 0.362 e. The number of nitrogens with one attached hydrogen (secondary N) is 1. The van der Waals surface area contributed by atoms with Crippen LogP contribution in [0, 0.1) is 6.92 Å². The van der Waals surface area contributed by atoms with Gasteiger partial charge in [0.1, 0.15) is 0 Å². The Morgan fingerprint density at radius 1 is 1.21 bits per heavy atom. The van der Waals surface area contributed by atoms with E-state index >= 15 is 0 Å². The molecule has 0 radical (unpaired) electrons. The van der Waals surface area contributed by atoms with Crippen LogP contribution >= 0.6 is 0 Å². The van der Waals surface area contributed by atoms with Crippen LogP contribution in [0.2, 0.25) is 0 Å². The molecule has 4 rings (SSSR count). The van der Waals surface area contributed by atoms with Crippen LogP contribution in [-0.2, 0) is 29.5 Å². The van der Waals surface area contributed by atoms with E-state index in [1.54, 1.807) is 10.8 Å². The molecule has 33 heavy (non-hydrogen) atoms. The Balaban J connectivity index is 1.54. The maximum Gasteiger partial charge on any atom is 0.254 e. The number of aryl methyl sites for hydroxylation is 2. The van der Waals surface area contributed by atoms with Gasteiger partial charge in [0.15, 0.2) is 5.60 Å². The molecule has 1 N–H and O–H groups in total. The molecule has 0 spiro atoms. The summed E-state index contributed by atoms with van der Waals surface area (Å²) in [7, 11) is 1.91. The van der Waals surface area contributed by atoms with Gasteiger partial charge in [0.05, 0.1) is 12.8 Å². The Morgan fingerprint density at radius 3 is 2.73 bits per heavy atom. The average molecular weight is 445 g/mol. The fourth-order valence-corrected chi connectivity index (χ4v) is 4.42.